The van der Waals surface area contributed by atoms with Gasteiger partial charge in [0, 0.05) is 37.3 Å². The highest BCUT2D eigenvalue weighted by atomic mass is 19.1. The third-order valence-electron chi connectivity index (χ3n) is 4.98. The third-order valence-corrected chi connectivity index (χ3v) is 4.98. The molecule has 3 aromatic rings. The van der Waals surface area contributed by atoms with Crippen LogP contribution in [0.25, 0.3) is 10.9 Å². The molecular weight excluding hydrogens is 361 g/mol. The molecule has 1 saturated heterocycles. The molecule has 1 N–H and O–H groups in total. The molecule has 4 rings (SSSR count). The Balaban J connectivity index is 1.42. The summed E-state index contributed by atoms with van der Waals surface area (Å²) in [6, 6.07) is 12.2. The molecule has 0 radical (unpaired) electrons. The van der Waals surface area contributed by atoms with E-state index in [0.717, 1.165) is 22.3 Å². The molecule has 28 heavy (non-hydrogen) atoms. The van der Waals surface area contributed by atoms with Gasteiger partial charge < -0.3 is 9.80 Å². The molecular formula is C20H22FN5O2. The highest BCUT2D eigenvalue weighted by Gasteiger charge is 2.22. The Morgan fingerprint density at radius 1 is 1.14 bits per heavy atom. The van der Waals surface area contributed by atoms with E-state index in [1.54, 1.807) is 30.1 Å². The summed E-state index contributed by atoms with van der Waals surface area (Å²) in [6.45, 7) is 2.85. The first-order valence-corrected chi connectivity index (χ1v) is 9.17. The van der Waals surface area contributed by atoms with Crippen molar-refractivity contribution in [2.45, 2.75) is 6.54 Å². The van der Waals surface area contributed by atoms with Gasteiger partial charge in [-0.05, 0) is 30.3 Å². The molecule has 0 saturated carbocycles. The molecule has 8 heteroatoms. The number of aromatic nitrogens is 2. The van der Waals surface area contributed by atoms with Gasteiger partial charge in [-0.3, -0.25) is 19.8 Å². The number of anilines is 2. The van der Waals surface area contributed by atoms with Crippen LogP contribution in [0.4, 0.5) is 15.8 Å². The van der Waals surface area contributed by atoms with Crippen LogP contribution in [0.2, 0.25) is 0 Å². The maximum atomic E-state index is 13.1. The number of benzene rings is 2. The third kappa shape index (κ3) is 3.63. The number of para-hydroxylation sites is 1. The predicted molar refractivity (Wildman–Crippen MR) is 106 cm³/mol. The molecule has 1 amide bonds. The van der Waals surface area contributed by atoms with E-state index in [1.165, 1.54) is 12.1 Å². The summed E-state index contributed by atoms with van der Waals surface area (Å²) in [7, 11) is 1.55. The number of hydrogen-bond acceptors (Lipinski definition) is 5. The van der Waals surface area contributed by atoms with Gasteiger partial charge in [0.2, 0.25) is 5.91 Å². The zero-order valence-electron chi connectivity index (χ0n) is 15.6. The molecule has 0 spiro atoms. The normalized spacial score (nSPS) is 14.5. The molecule has 2 heterocycles. The van der Waals surface area contributed by atoms with Gasteiger partial charge >= 0.3 is 0 Å². The summed E-state index contributed by atoms with van der Waals surface area (Å²) >= 11 is 0. The number of halogens is 1. The van der Waals surface area contributed by atoms with E-state index in [1.807, 2.05) is 23.1 Å². The lowest BCUT2D eigenvalue weighted by Crippen LogP contribution is -2.49. The average molecular weight is 383 g/mol. The van der Waals surface area contributed by atoms with Crippen molar-refractivity contribution in [3.05, 3.63) is 54.5 Å². The maximum absolute atomic E-state index is 13.1. The molecule has 1 aliphatic heterocycles. The first-order chi connectivity index (χ1) is 13.7. The lowest BCUT2D eigenvalue weighted by Gasteiger charge is -2.36. The van der Waals surface area contributed by atoms with Crippen molar-refractivity contribution in [2.75, 3.05) is 43.7 Å². The maximum Gasteiger partial charge on any atom is 0.244 e. The predicted octanol–water partition coefficient (Wildman–Crippen LogP) is 2.50. The minimum absolute atomic E-state index is 0.0241. The van der Waals surface area contributed by atoms with Gasteiger partial charge in [0.05, 0.1) is 24.5 Å². The van der Waals surface area contributed by atoms with Crippen LogP contribution in [0.3, 0.4) is 0 Å². The quantitative estimate of drug-likeness (QED) is 0.686. The monoisotopic (exact) mass is 383 g/mol. The first kappa shape index (κ1) is 18.2. The molecule has 2 aromatic carbocycles. The van der Waals surface area contributed by atoms with Crippen LogP contribution in [0.5, 0.6) is 0 Å². The second kappa shape index (κ2) is 7.85. The number of fused-ring (bicyclic) bond motifs is 1. The van der Waals surface area contributed by atoms with Gasteiger partial charge in [-0.25, -0.2) is 4.39 Å². The highest BCUT2D eigenvalue weighted by Crippen LogP contribution is 2.23. The van der Waals surface area contributed by atoms with Crippen LogP contribution in [0.15, 0.2) is 48.7 Å². The van der Waals surface area contributed by atoms with Crippen molar-refractivity contribution in [2.24, 2.45) is 0 Å². The molecule has 146 valence electrons. The summed E-state index contributed by atoms with van der Waals surface area (Å²) in [5.41, 5.74) is 5.42. The van der Waals surface area contributed by atoms with Crippen molar-refractivity contribution in [1.29, 1.82) is 0 Å². The molecule has 1 aromatic heterocycles. The highest BCUT2D eigenvalue weighted by molar-refractivity contribution is 5.91. The summed E-state index contributed by atoms with van der Waals surface area (Å²) in [6.07, 6.45) is 1.75. The zero-order valence-corrected chi connectivity index (χ0v) is 15.6. The Labute approximate surface area is 162 Å². The first-order valence-electron chi connectivity index (χ1n) is 9.17. The fourth-order valence-electron chi connectivity index (χ4n) is 3.55. The van der Waals surface area contributed by atoms with Crippen molar-refractivity contribution in [3.8, 4) is 0 Å². The van der Waals surface area contributed by atoms with E-state index >= 15 is 0 Å². The van der Waals surface area contributed by atoms with E-state index in [2.05, 4.69) is 15.5 Å². The number of carbonyl (C=O) groups is 1. The number of rotatable bonds is 5. The molecule has 0 bridgehead atoms. The van der Waals surface area contributed by atoms with Crippen LogP contribution in [0.1, 0.15) is 0 Å². The van der Waals surface area contributed by atoms with Crippen LogP contribution < -0.4 is 10.4 Å². The van der Waals surface area contributed by atoms with Gasteiger partial charge in [-0.1, -0.05) is 12.1 Å². The van der Waals surface area contributed by atoms with Gasteiger partial charge in [0.1, 0.15) is 12.4 Å². The van der Waals surface area contributed by atoms with Crippen LogP contribution >= 0.6 is 0 Å². The largest absolute Gasteiger partial charge is 0.368 e. The van der Waals surface area contributed by atoms with Crippen LogP contribution in [-0.4, -0.2) is 53.9 Å². The lowest BCUT2D eigenvalue weighted by molar-refractivity contribution is -0.132. The van der Waals surface area contributed by atoms with Crippen molar-refractivity contribution < 1.29 is 14.0 Å². The summed E-state index contributed by atoms with van der Waals surface area (Å²) in [5, 5.41) is 5.31. The topological polar surface area (TPSA) is 62.6 Å². The minimum Gasteiger partial charge on any atom is -0.368 e. The Morgan fingerprint density at radius 3 is 2.61 bits per heavy atom. The van der Waals surface area contributed by atoms with E-state index in [0.29, 0.717) is 26.2 Å². The number of piperazine rings is 1. The number of amides is 1. The van der Waals surface area contributed by atoms with Gasteiger partial charge in [0.15, 0.2) is 0 Å². The lowest BCUT2D eigenvalue weighted by atomic mass is 10.2. The molecule has 1 fully saturated rings. The molecule has 0 aliphatic carbocycles. The van der Waals surface area contributed by atoms with Gasteiger partial charge in [0.25, 0.3) is 0 Å². The SMILES string of the molecule is CONc1cccc2cnn(CC(=O)N3CCN(c4ccc(F)cc4)CC3)c12. The Hall–Kier alpha value is -3.13. The number of nitrogens with zero attached hydrogens (tertiary/aromatic N) is 4. The summed E-state index contributed by atoms with van der Waals surface area (Å²) in [4.78, 5) is 21.8. The standard InChI is InChI=1S/C20H22FN5O2/c1-28-23-18-4-2-3-15-13-22-26(20(15)18)14-19(27)25-11-9-24(10-12-25)17-7-5-16(21)6-8-17/h2-8,13,23H,9-12,14H2,1H3. The molecule has 0 atom stereocenters. The molecule has 0 unspecified atom stereocenters. The van der Waals surface area contributed by atoms with Crippen LogP contribution in [0, 0.1) is 5.82 Å². The van der Waals surface area contributed by atoms with E-state index < -0.39 is 0 Å². The van der Waals surface area contributed by atoms with E-state index in [9.17, 15) is 9.18 Å². The Morgan fingerprint density at radius 2 is 1.89 bits per heavy atom. The molecule has 1 aliphatic rings. The fourth-order valence-corrected chi connectivity index (χ4v) is 3.55. The minimum atomic E-state index is -0.244. The summed E-state index contributed by atoms with van der Waals surface area (Å²) < 4.78 is 14.8. The second-order valence-electron chi connectivity index (χ2n) is 6.70. The summed E-state index contributed by atoms with van der Waals surface area (Å²) in [5.74, 6) is -0.220. The average Bonchev–Trinajstić information content (AvgIpc) is 3.13. The van der Waals surface area contributed by atoms with Gasteiger partial charge in [-0.15, -0.1) is 0 Å². The number of hydrogen-bond donors (Lipinski definition) is 1. The second-order valence-corrected chi connectivity index (χ2v) is 6.70. The van der Waals surface area contributed by atoms with Gasteiger partial charge in [-0.2, -0.15) is 5.10 Å². The van der Waals surface area contributed by atoms with Crippen LogP contribution in [-0.2, 0) is 16.2 Å². The van der Waals surface area contributed by atoms with Crippen molar-refractivity contribution in [1.82, 2.24) is 14.7 Å². The van der Waals surface area contributed by atoms with E-state index in [-0.39, 0.29) is 18.3 Å². The van der Waals surface area contributed by atoms with Crippen molar-refractivity contribution >= 4 is 28.2 Å². The van der Waals surface area contributed by atoms with E-state index in [4.69, 9.17) is 4.84 Å². The zero-order chi connectivity index (χ0) is 19.5. The Bertz CT molecular complexity index is 964. The van der Waals surface area contributed by atoms with Crippen molar-refractivity contribution in [3.63, 3.8) is 0 Å². The molecule has 7 nitrogen and oxygen atoms in total. The smallest absolute Gasteiger partial charge is 0.244 e. The number of carbonyl (C=O) groups excluding carboxylic acids is 1. The number of nitrogens with one attached hydrogen (secondary N) is 1. The fraction of sp³-hybridized carbons (Fsp3) is 0.300. The Kier molecular flexibility index (Phi) is 5.12.